The molecule has 0 saturated heterocycles. The van der Waals surface area contributed by atoms with Gasteiger partial charge in [0.25, 0.3) is 0 Å². The molecular weight excluding hydrogens is 499 g/mol. The van der Waals surface area contributed by atoms with Crippen LogP contribution in [0, 0.1) is 0 Å². The zero-order valence-electron chi connectivity index (χ0n) is 21.4. The molecule has 4 nitrogen and oxygen atoms in total. The fraction of sp³-hybridized carbons (Fsp3) is 0.296. The van der Waals surface area contributed by atoms with Crippen LogP contribution in [0.4, 0.5) is 33.8 Å². The number of rotatable bonds is 5. The predicted octanol–water partition coefficient (Wildman–Crippen LogP) is 6.62. The van der Waals surface area contributed by atoms with Gasteiger partial charge in [0.05, 0.1) is 17.8 Å². The number of benzene rings is 3. The van der Waals surface area contributed by atoms with Crippen LogP contribution in [0.15, 0.2) is 72.8 Å². The molecule has 0 aliphatic carbocycles. The number of fused-ring (bicyclic) bond motifs is 3. The molecule has 0 N–H and O–H groups in total. The minimum atomic E-state index is -6.00. The average molecular weight is 530 g/mol. The third kappa shape index (κ3) is 6.36. The fourth-order valence-electron chi connectivity index (χ4n) is 4.65. The van der Waals surface area contributed by atoms with Crippen LogP contribution in [0.1, 0.15) is 23.6 Å². The molecule has 3 aromatic carbocycles. The Bertz CT molecular complexity index is 1260. The lowest BCUT2D eigenvalue weighted by Crippen LogP contribution is -2.48. The van der Waals surface area contributed by atoms with Crippen molar-refractivity contribution in [2.24, 2.45) is 0 Å². The van der Waals surface area contributed by atoms with Crippen LogP contribution in [-0.2, 0) is 6.54 Å². The van der Waals surface area contributed by atoms with E-state index in [0.29, 0.717) is 0 Å². The van der Waals surface area contributed by atoms with Crippen molar-refractivity contribution in [3.05, 3.63) is 83.9 Å². The largest absolute Gasteiger partial charge is 0.673 e. The second-order valence-electron chi connectivity index (χ2n) is 9.42. The van der Waals surface area contributed by atoms with Gasteiger partial charge in [0.2, 0.25) is 0 Å². The summed E-state index contributed by atoms with van der Waals surface area (Å²) in [5.74, 6) is 0. The van der Waals surface area contributed by atoms with E-state index in [-0.39, 0.29) is 6.04 Å². The Hall–Kier alpha value is -3.27. The van der Waals surface area contributed by atoms with Gasteiger partial charge in [-0.1, -0.05) is 36.4 Å². The van der Waals surface area contributed by atoms with Crippen LogP contribution in [0.3, 0.4) is 0 Å². The highest BCUT2D eigenvalue weighted by Gasteiger charge is 2.36. The number of aryl methyl sites for hydroxylation is 1. The second-order valence-corrected chi connectivity index (χ2v) is 10.4. The number of thiazole rings is 1. The van der Waals surface area contributed by atoms with Crippen molar-refractivity contribution in [2.75, 3.05) is 49.4 Å². The summed E-state index contributed by atoms with van der Waals surface area (Å²) in [6.07, 6.45) is 1.15. The van der Waals surface area contributed by atoms with Gasteiger partial charge in [-0.3, -0.25) is 0 Å². The summed E-state index contributed by atoms with van der Waals surface area (Å²) >= 11 is 1.91. The minimum absolute atomic E-state index is 0.182. The van der Waals surface area contributed by atoms with Crippen molar-refractivity contribution in [1.29, 1.82) is 0 Å². The summed E-state index contributed by atoms with van der Waals surface area (Å²) in [7, 11) is 2.38. The standard InChI is InChI=1S/C27H31N4S.BF4/c1-28(2)22-14-10-20(11-15-22)26(21-12-16-23(17-13-21)29(3)4)31-19-7-18-30-24-8-5-6-9-25(24)32-27(30)31;2-1(3,4)5/h5-6,8-17,26H,7,18-19H2,1-4H3;/q+1;-1. The molecule has 1 aliphatic heterocycles. The van der Waals surface area contributed by atoms with Crippen molar-refractivity contribution in [2.45, 2.75) is 19.0 Å². The summed E-state index contributed by atoms with van der Waals surface area (Å²) < 4.78 is 42.9. The molecule has 0 unspecified atom stereocenters. The van der Waals surface area contributed by atoms with Crippen LogP contribution in [0.25, 0.3) is 10.2 Å². The highest BCUT2D eigenvalue weighted by Crippen LogP contribution is 2.39. The van der Waals surface area contributed by atoms with Gasteiger partial charge in [-0.05, 0) is 47.7 Å². The van der Waals surface area contributed by atoms with Gasteiger partial charge in [0.15, 0.2) is 0 Å². The summed E-state index contributed by atoms with van der Waals surface area (Å²) in [6, 6.07) is 27.1. The average Bonchev–Trinajstić information content (AvgIpc) is 3.23. The lowest BCUT2D eigenvalue weighted by molar-refractivity contribution is -0.659. The third-order valence-electron chi connectivity index (χ3n) is 6.38. The van der Waals surface area contributed by atoms with E-state index in [1.165, 1.54) is 37.8 Å². The summed E-state index contributed by atoms with van der Waals surface area (Å²) in [6.45, 7) is 2.14. The van der Waals surface area contributed by atoms with Gasteiger partial charge in [-0.15, -0.1) is 0 Å². The molecule has 196 valence electrons. The third-order valence-corrected chi connectivity index (χ3v) is 7.58. The molecule has 10 heteroatoms. The molecule has 4 aromatic rings. The molecule has 0 atom stereocenters. The molecule has 0 amide bonds. The topological polar surface area (TPSA) is 13.6 Å². The van der Waals surface area contributed by atoms with Gasteiger partial charge in [-0.2, -0.15) is 0 Å². The van der Waals surface area contributed by atoms with Gasteiger partial charge >= 0.3 is 12.4 Å². The molecular formula is C27H31BF4N4S. The smallest absolute Gasteiger partial charge is 0.418 e. The van der Waals surface area contributed by atoms with Gasteiger partial charge in [-0.25, -0.2) is 9.47 Å². The van der Waals surface area contributed by atoms with Crippen LogP contribution in [0.2, 0.25) is 0 Å². The van der Waals surface area contributed by atoms with Crippen LogP contribution >= 0.6 is 11.3 Å². The number of para-hydroxylation sites is 1. The molecule has 0 fully saturated rings. The Morgan fingerprint density at radius 1 is 0.784 bits per heavy atom. The zero-order chi connectivity index (χ0) is 26.7. The van der Waals surface area contributed by atoms with Crippen LogP contribution in [0.5, 0.6) is 0 Å². The molecule has 37 heavy (non-hydrogen) atoms. The van der Waals surface area contributed by atoms with E-state index >= 15 is 0 Å². The Morgan fingerprint density at radius 2 is 1.27 bits per heavy atom. The molecule has 1 aromatic heterocycles. The maximum Gasteiger partial charge on any atom is 0.673 e. The molecule has 2 heterocycles. The molecule has 5 rings (SSSR count). The first-order chi connectivity index (χ1) is 17.5. The Labute approximate surface area is 219 Å². The zero-order valence-corrected chi connectivity index (χ0v) is 22.2. The lowest BCUT2D eigenvalue weighted by atomic mass is 9.96. The normalized spacial score (nSPS) is 13.3. The first-order valence-electron chi connectivity index (χ1n) is 12.1. The summed E-state index contributed by atoms with van der Waals surface area (Å²) in [5, 5.41) is 1.36. The molecule has 0 radical (unpaired) electrons. The van der Waals surface area contributed by atoms with E-state index in [1.807, 2.05) is 11.3 Å². The van der Waals surface area contributed by atoms with E-state index in [4.69, 9.17) is 0 Å². The number of halogens is 4. The second kappa shape index (κ2) is 11.0. The molecule has 1 aliphatic rings. The first kappa shape index (κ1) is 26.8. The Morgan fingerprint density at radius 3 is 1.76 bits per heavy atom. The minimum Gasteiger partial charge on any atom is -0.418 e. The van der Waals surface area contributed by atoms with Crippen molar-refractivity contribution >= 4 is 45.3 Å². The maximum absolute atomic E-state index is 9.75. The summed E-state index contributed by atoms with van der Waals surface area (Å²) in [5.41, 5.74) is 6.47. The highest BCUT2D eigenvalue weighted by molar-refractivity contribution is 7.21. The molecule has 0 spiro atoms. The van der Waals surface area contributed by atoms with Gasteiger partial charge in [0, 0.05) is 57.1 Å². The molecule has 0 bridgehead atoms. The number of hydrogen-bond acceptors (Lipinski definition) is 4. The van der Waals surface area contributed by atoms with Crippen LogP contribution in [-0.4, -0.2) is 42.0 Å². The van der Waals surface area contributed by atoms with Crippen molar-refractivity contribution < 1.29 is 21.8 Å². The van der Waals surface area contributed by atoms with E-state index < -0.39 is 7.25 Å². The van der Waals surface area contributed by atoms with Crippen LogP contribution < -0.4 is 19.3 Å². The highest BCUT2D eigenvalue weighted by atomic mass is 32.1. The maximum atomic E-state index is 9.75. The first-order valence-corrected chi connectivity index (χ1v) is 12.9. The van der Waals surface area contributed by atoms with Crippen molar-refractivity contribution in [3.63, 3.8) is 0 Å². The Kier molecular flexibility index (Phi) is 7.97. The van der Waals surface area contributed by atoms with Crippen molar-refractivity contribution in [1.82, 2.24) is 0 Å². The SMILES string of the molecule is CN(C)c1ccc(C(c2ccc(N(C)C)cc2)N2CCC[n+]3c2sc2ccccc23)cc1.F[B-](F)(F)F. The Balaban J connectivity index is 0.000000586. The van der Waals surface area contributed by atoms with Gasteiger partial charge in [0.1, 0.15) is 11.6 Å². The number of nitrogens with zero attached hydrogens (tertiary/aromatic N) is 4. The van der Waals surface area contributed by atoms with E-state index in [2.05, 4.69) is 120 Å². The summed E-state index contributed by atoms with van der Waals surface area (Å²) in [4.78, 5) is 6.93. The number of aromatic nitrogens is 1. The lowest BCUT2D eigenvalue weighted by Gasteiger charge is -2.30. The quantitative estimate of drug-likeness (QED) is 0.164. The van der Waals surface area contributed by atoms with E-state index in [9.17, 15) is 17.3 Å². The predicted molar refractivity (Wildman–Crippen MR) is 148 cm³/mol. The molecule has 0 saturated carbocycles. The van der Waals surface area contributed by atoms with Crippen molar-refractivity contribution in [3.8, 4) is 0 Å². The van der Waals surface area contributed by atoms with E-state index in [0.717, 1.165) is 19.5 Å². The monoisotopic (exact) mass is 530 g/mol. The number of hydrogen-bond donors (Lipinski definition) is 0. The van der Waals surface area contributed by atoms with E-state index in [1.54, 1.807) is 0 Å². The number of anilines is 3. The fourth-order valence-corrected chi connectivity index (χ4v) is 5.89. The van der Waals surface area contributed by atoms with Gasteiger partial charge < -0.3 is 27.1 Å².